The molecule has 1 N–H and O–H groups in total. The van der Waals surface area contributed by atoms with Gasteiger partial charge in [-0.15, -0.1) is 23.1 Å². The molecule has 1 unspecified atom stereocenters. The second-order valence-electron chi connectivity index (χ2n) is 4.72. The number of hydrogen-bond acceptors (Lipinski definition) is 4. The van der Waals surface area contributed by atoms with E-state index in [0.29, 0.717) is 6.04 Å². The molecule has 96 valence electrons. The summed E-state index contributed by atoms with van der Waals surface area (Å²) in [7, 11) is 0. The van der Waals surface area contributed by atoms with Crippen LogP contribution in [0, 0.1) is 0 Å². The molecule has 0 spiro atoms. The molecular weight excluding hydrogens is 278 g/mol. The summed E-state index contributed by atoms with van der Waals surface area (Å²) in [5.41, 5.74) is 2.98. The Bertz CT molecular complexity index is 489. The van der Waals surface area contributed by atoms with Crippen LogP contribution in [0.5, 0.6) is 0 Å². The molecule has 4 heteroatoms. The van der Waals surface area contributed by atoms with Crippen LogP contribution >= 0.6 is 34.4 Å². The molecule has 0 radical (unpaired) electrons. The Morgan fingerprint density at radius 2 is 2.28 bits per heavy atom. The van der Waals surface area contributed by atoms with Crippen molar-refractivity contribution in [2.24, 2.45) is 0 Å². The molecule has 18 heavy (non-hydrogen) atoms. The number of nitrogens with one attached hydrogen (secondary N) is 1. The lowest BCUT2D eigenvalue weighted by atomic mass is 10.0. The number of fused-ring (bicyclic) bond motifs is 1. The van der Waals surface area contributed by atoms with Gasteiger partial charge in [-0.05, 0) is 58.8 Å². The van der Waals surface area contributed by atoms with Crippen LogP contribution in [0.1, 0.15) is 30.5 Å². The number of hydrogen-bond donors (Lipinski definition) is 1. The van der Waals surface area contributed by atoms with Gasteiger partial charge in [0.25, 0.3) is 0 Å². The van der Waals surface area contributed by atoms with E-state index in [1.165, 1.54) is 21.8 Å². The van der Waals surface area contributed by atoms with Gasteiger partial charge in [-0.1, -0.05) is 6.92 Å². The van der Waals surface area contributed by atoms with Crippen LogP contribution in [0.2, 0.25) is 0 Å². The van der Waals surface area contributed by atoms with E-state index in [1.807, 2.05) is 23.1 Å². The second kappa shape index (κ2) is 5.78. The minimum absolute atomic E-state index is 0.557. The molecule has 1 nitrogen and oxygen atoms in total. The first-order chi connectivity index (χ1) is 8.83. The van der Waals surface area contributed by atoms with Crippen molar-refractivity contribution in [1.82, 2.24) is 5.32 Å². The highest BCUT2D eigenvalue weighted by Gasteiger charge is 2.25. The molecule has 2 aromatic heterocycles. The Labute approximate surface area is 121 Å². The van der Waals surface area contributed by atoms with Gasteiger partial charge in [0.1, 0.15) is 0 Å². The van der Waals surface area contributed by atoms with Crippen LogP contribution in [0.4, 0.5) is 0 Å². The first-order valence-corrected chi connectivity index (χ1v) is 9.01. The average molecular weight is 295 g/mol. The van der Waals surface area contributed by atoms with E-state index < -0.39 is 0 Å². The summed E-state index contributed by atoms with van der Waals surface area (Å²) in [6.45, 7) is 3.41. The van der Waals surface area contributed by atoms with Crippen molar-refractivity contribution >= 4 is 34.4 Å². The fourth-order valence-corrected chi connectivity index (χ4v) is 5.64. The lowest BCUT2D eigenvalue weighted by Crippen LogP contribution is -2.28. The summed E-state index contributed by atoms with van der Waals surface area (Å²) >= 11 is 5.71. The summed E-state index contributed by atoms with van der Waals surface area (Å²) in [6, 6.07) is 5.07. The second-order valence-corrected chi connectivity index (χ2v) is 8.12. The summed E-state index contributed by atoms with van der Waals surface area (Å²) in [4.78, 5) is 0. The van der Waals surface area contributed by atoms with Gasteiger partial charge in [-0.3, -0.25) is 0 Å². The largest absolute Gasteiger partial charge is 0.309 e. The normalized spacial score (nSPS) is 22.9. The molecule has 2 aromatic rings. The SMILES string of the molecule is C[C@H]1CC(NCCc2ccsc2)c2ccsc2S1. The number of thioether (sulfide) groups is 1. The summed E-state index contributed by atoms with van der Waals surface area (Å²) in [6.07, 6.45) is 2.39. The van der Waals surface area contributed by atoms with Gasteiger partial charge < -0.3 is 5.32 Å². The van der Waals surface area contributed by atoms with Gasteiger partial charge in [0.05, 0.1) is 4.21 Å². The Kier molecular flexibility index (Phi) is 4.09. The minimum atomic E-state index is 0.557. The van der Waals surface area contributed by atoms with E-state index in [9.17, 15) is 0 Å². The third kappa shape index (κ3) is 2.82. The van der Waals surface area contributed by atoms with Crippen molar-refractivity contribution in [3.8, 4) is 0 Å². The summed E-state index contributed by atoms with van der Waals surface area (Å²) < 4.78 is 1.52. The first kappa shape index (κ1) is 12.7. The Balaban J connectivity index is 1.60. The topological polar surface area (TPSA) is 12.0 Å². The smallest absolute Gasteiger partial charge is 0.0649 e. The lowest BCUT2D eigenvalue weighted by Gasteiger charge is -2.27. The van der Waals surface area contributed by atoms with E-state index in [1.54, 1.807) is 11.3 Å². The molecule has 2 atom stereocenters. The molecule has 0 bridgehead atoms. The third-order valence-electron chi connectivity index (χ3n) is 3.29. The first-order valence-electron chi connectivity index (χ1n) is 6.31. The van der Waals surface area contributed by atoms with Crippen molar-refractivity contribution in [2.75, 3.05) is 6.54 Å². The molecule has 0 saturated carbocycles. The lowest BCUT2D eigenvalue weighted by molar-refractivity contribution is 0.492. The fourth-order valence-electron chi connectivity index (χ4n) is 2.37. The maximum atomic E-state index is 3.73. The van der Waals surface area contributed by atoms with Crippen LogP contribution in [0.25, 0.3) is 0 Å². The van der Waals surface area contributed by atoms with Gasteiger partial charge in [0.2, 0.25) is 0 Å². The highest BCUT2D eigenvalue weighted by Crippen LogP contribution is 2.43. The molecule has 0 aromatic carbocycles. The third-order valence-corrected chi connectivity index (χ3v) is 6.37. The Morgan fingerprint density at radius 1 is 1.33 bits per heavy atom. The zero-order valence-corrected chi connectivity index (χ0v) is 12.8. The molecule has 0 amide bonds. The Hall–Kier alpha value is -0.290. The van der Waals surface area contributed by atoms with Crippen molar-refractivity contribution in [1.29, 1.82) is 0 Å². The quantitative estimate of drug-likeness (QED) is 0.887. The molecule has 1 aliphatic rings. The molecule has 1 aliphatic heterocycles. The van der Waals surface area contributed by atoms with E-state index >= 15 is 0 Å². The van der Waals surface area contributed by atoms with Crippen LogP contribution < -0.4 is 5.32 Å². The van der Waals surface area contributed by atoms with Crippen LogP contribution in [-0.2, 0) is 6.42 Å². The van der Waals surface area contributed by atoms with Crippen LogP contribution in [-0.4, -0.2) is 11.8 Å². The molecule has 3 heterocycles. The minimum Gasteiger partial charge on any atom is -0.309 e. The highest BCUT2D eigenvalue weighted by atomic mass is 32.2. The van der Waals surface area contributed by atoms with Crippen LogP contribution in [0.3, 0.4) is 0 Å². The highest BCUT2D eigenvalue weighted by molar-refractivity contribution is 8.01. The Morgan fingerprint density at radius 3 is 3.11 bits per heavy atom. The van der Waals surface area contributed by atoms with Crippen LogP contribution in [0.15, 0.2) is 32.5 Å². The van der Waals surface area contributed by atoms with Crippen molar-refractivity contribution in [3.05, 3.63) is 39.4 Å². The summed E-state index contributed by atoms with van der Waals surface area (Å²) in [5.74, 6) is 0. The zero-order chi connectivity index (χ0) is 12.4. The van der Waals surface area contributed by atoms with E-state index in [-0.39, 0.29) is 0 Å². The van der Waals surface area contributed by atoms with Crippen molar-refractivity contribution in [2.45, 2.75) is 35.3 Å². The molecular formula is C14H17NS3. The van der Waals surface area contributed by atoms with Gasteiger partial charge in [0.15, 0.2) is 0 Å². The predicted molar refractivity (Wildman–Crippen MR) is 83.0 cm³/mol. The molecule has 0 saturated heterocycles. The molecule has 3 rings (SSSR count). The predicted octanol–water partition coefficient (Wildman–Crippen LogP) is 4.57. The zero-order valence-electron chi connectivity index (χ0n) is 10.4. The van der Waals surface area contributed by atoms with E-state index in [4.69, 9.17) is 0 Å². The van der Waals surface area contributed by atoms with Gasteiger partial charge in [-0.25, -0.2) is 0 Å². The van der Waals surface area contributed by atoms with E-state index in [0.717, 1.165) is 18.2 Å². The van der Waals surface area contributed by atoms with E-state index in [2.05, 4.69) is 40.5 Å². The van der Waals surface area contributed by atoms with Crippen molar-refractivity contribution in [3.63, 3.8) is 0 Å². The maximum absolute atomic E-state index is 3.73. The average Bonchev–Trinajstić information content (AvgIpc) is 2.98. The van der Waals surface area contributed by atoms with Gasteiger partial charge in [0, 0.05) is 11.3 Å². The van der Waals surface area contributed by atoms with Gasteiger partial charge >= 0.3 is 0 Å². The fraction of sp³-hybridized carbons (Fsp3) is 0.429. The standard InChI is InChI=1S/C14H17NS3/c1-10-8-13(12-4-7-17-14(12)18-10)15-5-2-11-3-6-16-9-11/h3-4,6-7,9-10,13,15H,2,5,8H2,1H3/t10-,13?/m0/s1. The molecule has 0 aliphatic carbocycles. The van der Waals surface area contributed by atoms with Crippen molar-refractivity contribution < 1.29 is 0 Å². The number of thiophene rings is 2. The van der Waals surface area contributed by atoms with Gasteiger partial charge in [-0.2, -0.15) is 11.3 Å². The maximum Gasteiger partial charge on any atom is 0.0649 e. The monoisotopic (exact) mass is 295 g/mol. The number of rotatable bonds is 4. The molecule has 0 fully saturated rings. The summed E-state index contributed by atoms with van der Waals surface area (Å²) in [5, 5.41) is 11.1.